The lowest BCUT2D eigenvalue weighted by Crippen LogP contribution is -2.22. The average Bonchev–Trinajstić information content (AvgIpc) is 3.36. The van der Waals surface area contributed by atoms with Crippen molar-refractivity contribution in [2.24, 2.45) is 0 Å². The zero-order chi connectivity index (χ0) is 21.1. The van der Waals surface area contributed by atoms with E-state index < -0.39 is 0 Å². The SMILES string of the molecule is CC(=O)N(c1cccc(C)c1)c1nc(CSc2nccn2-c2ccccc2C)cs1. The Morgan fingerprint density at radius 3 is 2.77 bits per heavy atom. The highest BCUT2D eigenvalue weighted by atomic mass is 32.2. The van der Waals surface area contributed by atoms with Crippen LogP contribution in [0.3, 0.4) is 0 Å². The predicted octanol–water partition coefficient (Wildman–Crippen LogP) is 5.92. The van der Waals surface area contributed by atoms with Crippen LogP contribution in [0.15, 0.2) is 71.5 Å². The van der Waals surface area contributed by atoms with Crippen LogP contribution in [0.2, 0.25) is 0 Å². The van der Waals surface area contributed by atoms with Crippen LogP contribution in [0.1, 0.15) is 23.7 Å². The van der Waals surface area contributed by atoms with E-state index >= 15 is 0 Å². The van der Waals surface area contributed by atoms with Crippen LogP contribution in [0.25, 0.3) is 5.69 Å². The third-order valence-corrected chi connectivity index (χ3v) is 6.51. The lowest BCUT2D eigenvalue weighted by Gasteiger charge is -2.18. The van der Waals surface area contributed by atoms with Gasteiger partial charge in [-0.15, -0.1) is 11.3 Å². The summed E-state index contributed by atoms with van der Waals surface area (Å²) in [5, 5.41) is 3.61. The highest BCUT2D eigenvalue weighted by molar-refractivity contribution is 7.98. The molecule has 0 aliphatic carbocycles. The fourth-order valence-corrected chi connectivity index (χ4v) is 5.06. The number of hydrogen-bond acceptors (Lipinski definition) is 5. The van der Waals surface area contributed by atoms with Crippen LogP contribution in [0.4, 0.5) is 10.8 Å². The average molecular weight is 435 g/mol. The molecule has 0 radical (unpaired) electrons. The van der Waals surface area contributed by atoms with Gasteiger partial charge in [0.15, 0.2) is 10.3 Å². The number of thioether (sulfide) groups is 1. The maximum absolute atomic E-state index is 12.3. The van der Waals surface area contributed by atoms with Gasteiger partial charge >= 0.3 is 0 Å². The number of aryl methyl sites for hydroxylation is 2. The quantitative estimate of drug-likeness (QED) is 0.353. The normalized spacial score (nSPS) is 10.9. The van der Waals surface area contributed by atoms with Gasteiger partial charge in [0.2, 0.25) is 5.91 Å². The van der Waals surface area contributed by atoms with Crippen molar-refractivity contribution >= 4 is 39.8 Å². The summed E-state index contributed by atoms with van der Waals surface area (Å²) in [6.45, 7) is 5.68. The summed E-state index contributed by atoms with van der Waals surface area (Å²) in [6.07, 6.45) is 3.79. The molecule has 2 aromatic carbocycles. The molecule has 5 nitrogen and oxygen atoms in total. The topological polar surface area (TPSA) is 51.0 Å². The fourth-order valence-electron chi connectivity index (χ4n) is 3.21. The minimum atomic E-state index is -0.0516. The van der Waals surface area contributed by atoms with Crippen molar-refractivity contribution in [1.82, 2.24) is 14.5 Å². The van der Waals surface area contributed by atoms with Gasteiger partial charge in [-0.3, -0.25) is 14.3 Å². The number of carbonyl (C=O) groups excluding carboxylic acids is 1. The number of benzene rings is 2. The van der Waals surface area contributed by atoms with E-state index in [2.05, 4.69) is 28.6 Å². The zero-order valence-corrected chi connectivity index (χ0v) is 18.7. The Labute approximate surface area is 184 Å². The molecule has 0 saturated carbocycles. The zero-order valence-electron chi connectivity index (χ0n) is 17.1. The van der Waals surface area contributed by atoms with Crippen molar-refractivity contribution in [3.63, 3.8) is 0 Å². The van der Waals surface area contributed by atoms with Crippen molar-refractivity contribution in [3.8, 4) is 5.69 Å². The first-order valence-corrected chi connectivity index (χ1v) is 11.4. The summed E-state index contributed by atoms with van der Waals surface area (Å²) in [7, 11) is 0. The number of imidazole rings is 1. The Bertz CT molecular complexity index is 1180. The third-order valence-electron chi connectivity index (χ3n) is 4.64. The van der Waals surface area contributed by atoms with Gasteiger partial charge in [-0.2, -0.15) is 0 Å². The van der Waals surface area contributed by atoms with Gasteiger partial charge in [-0.25, -0.2) is 9.97 Å². The van der Waals surface area contributed by atoms with E-state index in [-0.39, 0.29) is 5.91 Å². The number of rotatable bonds is 6. The highest BCUT2D eigenvalue weighted by Gasteiger charge is 2.18. The molecule has 0 spiro atoms. The number of para-hydroxylation sites is 1. The number of amides is 1. The molecule has 0 bridgehead atoms. The summed E-state index contributed by atoms with van der Waals surface area (Å²) in [5.41, 5.74) is 5.20. The number of aromatic nitrogens is 3. The van der Waals surface area contributed by atoms with Crippen LogP contribution in [0, 0.1) is 13.8 Å². The molecule has 0 unspecified atom stereocenters. The molecule has 2 heterocycles. The molecule has 0 fully saturated rings. The Balaban J connectivity index is 1.53. The second kappa shape index (κ2) is 8.85. The van der Waals surface area contributed by atoms with Gasteiger partial charge in [0.25, 0.3) is 0 Å². The first-order valence-electron chi connectivity index (χ1n) is 9.57. The van der Waals surface area contributed by atoms with E-state index in [0.717, 1.165) is 27.8 Å². The van der Waals surface area contributed by atoms with Crippen molar-refractivity contribution in [2.45, 2.75) is 31.7 Å². The number of hydrogen-bond donors (Lipinski definition) is 0. The van der Waals surface area contributed by atoms with Crippen LogP contribution in [0.5, 0.6) is 0 Å². The first-order chi connectivity index (χ1) is 14.5. The van der Waals surface area contributed by atoms with Gasteiger partial charge in [-0.1, -0.05) is 42.1 Å². The molecule has 30 heavy (non-hydrogen) atoms. The Kier molecular flexibility index (Phi) is 6.01. The lowest BCUT2D eigenvalue weighted by atomic mass is 10.2. The van der Waals surface area contributed by atoms with Crippen molar-refractivity contribution in [1.29, 1.82) is 0 Å². The maximum Gasteiger partial charge on any atom is 0.230 e. The summed E-state index contributed by atoms with van der Waals surface area (Å²) in [4.78, 5) is 23.2. The van der Waals surface area contributed by atoms with E-state index in [9.17, 15) is 4.79 Å². The largest absolute Gasteiger partial charge is 0.295 e. The van der Waals surface area contributed by atoms with Crippen LogP contribution in [-0.2, 0) is 10.5 Å². The maximum atomic E-state index is 12.3. The molecule has 2 aromatic heterocycles. The van der Waals surface area contributed by atoms with Crippen molar-refractivity contribution < 1.29 is 4.79 Å². The van der Waals surface area contributed by atoms with E-state index in [0.29, 0.717) is 10.9 Å². The summed E-state index contributed by atoms with van der Waals surface area (Å²) >= 11 is 3.11. The molecule has 152 valence electrons. The molecule has 4 rings (SSSR count). The third kappa shape index (κ3) is 4.32. The molecule has 0 saturated heterocycles. The van der Waals surface area contributed by atoms with Gasteiger partial charge in [0.05, 0.1) is 17.1 Å². The number of anilines is 2. The molecule has 0 aliphatic rings. The van der Waals surface area contributed by atoms with Crippen LogP contribution in [-0.4, -0.2) is 20.4 Å². The minimum absolute atomic E-state index is 0.0516. The Morgan fingerprint density at radius 1 is 1.17 bits per heavy atom. The molecular formula is C23H22N4OS2. The molecule has 7 heteroatoms. The van der Waals surface area contributed by atoms with Gasteiger partial charge in [0, 0.05) is 30.5 Å². The van der Waals surface area contributed by atoms with Gasteiger partial charge < -0.3 is 0 Å². The summed E-state index contributed by atoms with van der Waals surface area (Å²) in [5.74, 6) is 0.628. The number of carbonyl (C=O) groups is 1. The van der Waals surface area contributed by atoms with E-state index in [1.807, 2.05) is 61.1 Å². The van der Waals surface area contributed by atoms with Crippen LogP contribution >= 0.6 is 23.1 Å². The number of nitrogens with zero attached hydrogens (tertiary/aromatic N) is 4. The van der Waals surface area contributed by atoms with E-state index in [1.54, 1.807) is 23.6 Å². The highest BCUT2D eigenvalue weighted by Crippen LogP contribution is 2.32. The molecule has 4 aromatic rings. The lowest BCUT2D eigenvalue weighted by molar-refractivity contribution is -0.115. The van der Waals surface area contributed by atoms with Crippen molar-refractivity contribution in [3.05, 3.63) is 83.1 Å². The molecular weight excluding hydrogens is 412 g/mol. The number of thiazole rings is 1. The predicted molar refractivity (Wildman–Crippen MR) is 124 cm³/mol. The molecule has 0 N–H and O–H groups in total. The van der Waals surface area contributed by atoms with Gasteiger partial charge in [0.1, 0.15) is 0 Å². The molecule has 1 amide bonds. The summed E-state index contributed by atoms with van der Waals surface area (Å²) in [6, 6.07) is 16.2. The second-order valence-electron chi connectivity index (χ2n) is 6.97. The molecule has 0 aliphatic heterocycles. The second-order valence-corrected chi connectivity index (χ2v) is 8.75. The Morgan fingerprint density at radius 2 is 2.00 bits per heavy atom. The smallest absolute Gasteiger partial charge is 0.230 e. The van der Waals surface area contributed by atoms with Crippen LogP contribution < -0.4 is 4.90 Å². The monoisotopic (exact) mass is 434 g/mol. The fraction of sp³-hybridized carbons (Fsp3) is 0.174. The first kappa shape index (κ1) is 20.4. The van der Waals surface area contributed by atoms with Gasteiger partial charge in [-0.05, 0) is 43.2 Å². The summed E-state index contributed by atoms with van der Waals surface area (Å²) < 4.78 is 2.10. The standard InChI is InChI=1S/C23H22N4OS2/c1-16-7-6-9-20(13-16)27(18(3)28)23-25-19(15-30-23)14-29-22-24-11-12-26(22)21-10-5-4-8-17(21)2/h4-13,15H,14H2,1-3H3. The Hall–Kier alpha value is -2.90. The minimum Gasteiger partial charge on any atom is -0.295 e. The van der Waals surface area contributed by atoms with Crippen molar-refractivity contribution in [2.75, 3.05) is 4.90 Å². The molecule has 0 atom stereocenters. The van der Waals surface area contributed by atoms with E-state index in [1.165, 1.54) is 16.9 Å². The van der Waals surface area contributed by atoms with E-state index in [4.69, 9.17) is 4.98 Å².